The number of nitrogens with one attached hydrogen (secondary N) is 1. The SMILES string of the molecule is COC(=O)[C@H](Cc1ccc(OC)c(Cl)c1)NC(=O)[C@H]1CCCN1C(=O)OCc1ccccc1. The minimum atomic E-state index is -0.935. The summed E-state index contributed by atoms with van der Waals surface area (Å²) in [4.78, 5) is 39.4. The first-order chi connectivity index (χ1) is 15.9. The van der Waals surface area contributed by atoms with Crippen LogP contribution >= 0.6 is 11.6 Å². The summed E-state index contributed by atoms with van der Waals surface area (Å²) in [6.45, 7) is 0.524. The molecule has 0 aromatic heterocycles. The van der Waals surface area contributed by atoms with Crippen LogP contribution in [0.5, 0.6) is 5.75 Å². The number of hydrogen-bond acceptors (Lipinski definition) is 6. The molecule has 3 rings (SSSR count). The van der Waals surface area contributed by atoms with Gasteiger partial charge in [0.25, 0.3) is 0 Å². The summed E-state index contributed by atoms with van der Waals surface area (Å²) in [6, 6.07) is 12.8. The highest BCUT2D eigenvalue weighted by Gasteiger charge is 2.37. The van der Waals surface area contributed by atoms with E-state index >= 15 is 0 Å². The fourth-order valence-corrected chi connectivity index (χ4v) is 4.02. The molecule has 1 aliphatic rings. The fraction of sp³-hybridized carbons (Fsp3) is 0.375. The smallest absolute Gasteiger partial charge is 0.410 e. The van der Waals surface area contributed by atoms with E-state index in [1.165, 1.54) is 19.1 Å². The van der Waals surface area contributed by atoms with E-state index in [0.717, 1.165) is 11.1 Å². The van der Waals surface area contributed by atoms with Gasteiger partial charge in [0.2, 0.25) is 5.91 Å². The molecule has 0 spiro atoms. The van der Waals surface area contributed by atoms with Gasteiger partial charge in [-0.15, -0.1) is 0 Å². The molecule has 0 radical (unpaired) electrons. The first kappa shape index (κ1) is 24.4. The standard InChI is InChI=1S/C24H27ClN2O6/c1-31-21-11-10-17(13-18(21)25)14-19(23(29)32-2)26-22(28)20-9-6-12-27(20)24(30)33-15-16-7-4-3-5-8-16/h3-5,7-8,10-11,13,19-20H,6,9,12,14-15H2,1-2H3,(H,26,28)/t19-,20+/m0/s1. The molecule has 1 fully saturated rings. The summed E-state index contributed by atoms with van der Waals surface area (Å²) in [5.74, 6) is -0.514. The number of ether oxygens (including phenoxy) is 3. The lowest BCUT2D eigenvalue weighted by atomic mass is 10.0. The number of amides is 2. The van der Waals surface area contributed by atoms with E-state index in [1.54, 1.807) is 18.2 Å². The number of esters is 1. The van der Waals surface area contributed by atoms with E-state index in [-0.39, 0.29) is 13.0 Å². The van der Waals surface area contributed by atoms with Gasteiger partial charge in [-0.3, -0.25) is 9.69 Å². The quantitative estimate of drug-likeness (QED) is 0.590. The molecule has 33 heavy (non-hydrogen) atoms. The number of benzene rings is 2. The normalized spacial score (nSPS) is 16.1. The van der Waals surface area contributed by atoms with E-state index in [0.29, 0.717) is 30.2 Å². The molecule has 1 saturated heterocycles. The van der Waals surface area contributed by atoms with E-state index in [9.17, 15) is 14.4 Å². The van der Waals surface area contributed by atoms with Crippen molar-refractivity contribution in [3.8, 4) is 5.75 Å². The molecule has 2 aromatic carbocycles. The number of methoxy groups -OCH3 is 2. The minimum absolute atomic E-state index is 0.119. The molecule has 0 bridgehead atoms. The molecule has 8 nitrogen and oxygen atoms in total. The number of nitrogens with zero attached hydrogens (tertiary/aromatic N) is 1. The van der Waals surface area contributed by atoms with Gasteiger partial charge in [0, 0.05) is 13.0 Å². The average molecular weight is 475 g/mol. The van der Waals surface area contributed by atoms with Gasteiger partial charge in [-0.1, -0.05) is 48.0 Å². The van der Waals surface area contributed by atoms with Crippen molar-refractivity contribution in [3.05, 3.63) is 64.7 Å². The Hall–Kier alpha value is -3.26. The molecule has 1 N–H and O–H groups in total. The van der Waals surface area contributed by atoms with Crippen LogP contribution in [-0.4, -0.2) is 55.7 Å². The maximum Gasteiger partial charge on any atom is 0.410 e. The first-order valence-electron chi connectivity index (χ1n) is 10.6. The van der Waals surface area contributed by atoms with Gasteiger partial charge in [0.15, 0.2) is 0 Å². The second-order valence-electron chi connectivity index (χ2n) is 7.65. The molecule has 0 unspecified atom stereocenters. The molecular weight excluding hydrogens is 448 g/mol. The van der Waals surface area contributed by atoms with Crippen LogP contribution < -0.4 is 10.1 Å². The monoisotopic (exact) mass is 474 g/mol. The Morgan fingerprint density at radius 2 is 1.88 bits per heavy atom. The summed E-state index contributed by atoms with van der Waals surface area (Å²) in [7, 11) is 2.77. The van der Waals surface area contributed by atoms with Crippen LogP contribution in [-0.2, 0) is 32.1 Å². The Kier molecular flexibility index (Phi) is 8.54. The van der Waals surface area contributed by atoms with Gasteiger partial charge in [-0.25, -0.2) is 9.59 Å². The molecule has 1 aliphatic heterocycles. The van der Waals surface area contributed by atoms with Crippen LogP contribution in [0.15, 0.2) is 48.5 Å². The third-order valence-corrected chi connectivity index (χ3v) is 5.75. The highest BCUT2D eigenvalue weighted by atomic mass is 35.5. The summed E-state index contributed by atoms with van der Waals surface area (Å²) in [6.07, 6.45) is 0.755. The lowest BCUT2D eigenvalue weighted by molar-refractivity contribution is -0.145. The highest BCUT2D eigenvalue weighted by Crippen LogP contribution is 2.26. The van der Waals surface area contributed by atoms with Crippen LogP contribution in [0, 0.1) is 0 Å². The molecule has 0 aliphatic carbocycles. The second kappa shape index (κ2) is 11.6. The van der Waals surface area contributed by atoms with Gasteiger partial charge < -0.3 is 19.5 Å². The average Bonchev–Trinajstić information content (AvgIpc) is 3.32. The van der Waals surface area contributed by atoms with Crippen molar-refractivity contribution in [2.45, 2.75) is 38.0 Å². The van der Waals surface area contributed by atoms with Crippen molar-refractivity contribution < 1.29 is 28.6 Å². The third kappa shape index (κ3) is 6.38. The topological polar surface area (TPSA) is 94.2 Å². The fourth-order valence-electron chi connectivity index (χ4n) is 3.74. The molecule has 0 saturated carbocycles. The minimum Gasteiger partial charge on any atom is -0.495 e. The molecule has 2 atom stereocenters. The van der Waals surface area contributed by atoms with Crippen LogP contribution in [0.4, 0.5) is 4.79 Å². The summed E-state index contributed by atoms with van der Waals surface area (Å²) in [5, 5.41) is 3.12. The Balaban J connectivity index is 1.64. The zero-order valence-corrected chi connectivity index (χ0v) is 19.3. The number of hydrogen-bond donors (Lipinski definition) is 1. The zero-order chi connectivity index (χ0) is 23.8. The van der Waals surface area contributed by atoms with Gasteiger partial charge in [-0.05, 0) is 36.1 Å². The summed E-state index contributed by atoms with van der Waals surface area (Å²) in [5.41, 5.74) is 1.58. The predicted octanol–water partition coefficient (Wildman–Crippen LogP) is 3.35. The molecule has 176 valence electrons. The van der Waals surface area contributed by atoms with E-state index < -0.39 is 30.1 Å². The Bertz CT molecular complexity index is 984. The maximum atomic E-state index is 13.0. The van der Waals surface area contributed by atoms with Crippen molar-refractivity contribution >= 4 is 29.6 Å². The molecule has 2 aromatic rings. The Labute approximate surface area is 197 Å². The molecule has 9 heteroatoms. The molecule has 2 amide bonds. The number of halogens is 1. The van der Waals surface area contributed by atoms with Crippen LogP contribution in [0.1, 0.15) is 24.0 Å². The van der Waals surface area contributed by atoms with E-state index in [2.05, 4.69) is 5.32 Å². The van der Waals surface area contributed by atoms with Crippen LogP contribution in [0.2, 0.25) is 5.02 Å². The zero-order valence-electron chi connectivity index (χ0n) is 18.6. The van der Waals surface area contributed by atoms with Crippen molar-refractivity contribution in [1.82, 2.24) is 10.2 Å². The van der Waals surface area contributed by atoms with Crippen LogP contribution in [0.3, 0.4) is 0 Å². The van der Waals surface area contributed by atoms with E-state index in [1.807, 2.05) is 30.3 Å². The molecular formula is C24H27ClN2O6. The van der Waals surface area contributed by atoms with Crippen molar-refractivity contribution in [2.75, 3.05) is 20.8 Å². The number of likely N-dealkylation sites (tertiary alicyclic amines) is 1. The molecule has 1 heterocycles. The highest BCUT2D eigenvalue weighted by molar-refractivity contribution is 6.32. The Morgan fingerprint density at radius 1 is 1.12 bits per heavy atom. The first-order valence-corrected chi connectivity index (χ1v) is 11.0. The van der Waals surface area contributed by atoms with Crippen molar-refractivity contribution in [3.63, 3.8) is 0 Å². The van der Waals surface area contributed by atoms with Crippen molar-refractivity contribution in [1.29, 1.82) is 0 Å². The lowest BCUT2D eigenvalue weighted by Crippen LogP contribution is -2.51. The number of rotatable bonds is 8. The summed E-state index contributed by atoms with van der Waals surface area (Å²) < 4.78 is 15.4. The van der Waals surface area contributed by atoms with Crippen molar-refractivity contribution in [2.24, 2.45) is 0 Å². The van der Waals surface area contributed by atoms with Crippen LogP contribution in [0.25, 0.3) is 0 Å². The van der Waals surface area contributed by atoms with Gasteiger partial charge in [-0.2, -0.15) is 0 Å². The lowest BCUT2D eigenvalue weighted by Gasteiger charge is -2.25. The third-order valence-electron chi connectivity index (χ3n) is 5.45. The van der Waals surface area contributed by atoms with E-state index in [4.69, 9.17) is 25.8 Å². The summed E-state index contributed by atoms with van der Waals surface area (Å²) >= 11 is 6.18. The predicted molar refractivity (Wildman–Crippen MR) is 122 cm³/mol. The number of carbonyl (C=O) groups excluding carboxylic acids is 3. The largest absolute Gasteiger partial charge is 0.495 e. The maximum absolute atomic E-state index is 13.0. The van der Waals surface area contributed by atoms with Gasteiger partial charge in [0.1, 0.15) is 24.4 Å². The Morgan fingerprint density at radius 3 is 2.55 bits per heavy atom. The number of carbonyl (C=O) groups is 3. The van der Waals surface area contributed by atoms with Gasteiger partial charge in [0.05, 0.1) is 19.2 Å². The van der Waals surface area contributed by atoms with Gasteiger partial charge >= 0.3 is 12.1 Å². The second-order valence-corrected chi connectivity index (χ2v) is 8.06.